The Morgan fingerprint density at radius 3 is 2.08 bits per heavy atom. The third kappa shape index (κ3) is 4.50. The maximum absolute atomic E-state index is 10.4. The van der Waals surface area contributed by atoms with Crippen LogP contribution in [0.15, 0.2) is 30.3 Å². The summed E-state index contributed by atoms with van der Waals surface area (Å²) in [5.41, 5.74) is 0. The molecule has 1 rings (SSSR count). The summed E-state index contributed by atoms with van der Waals surface area (Å²) in [7, 11) is 0. The number of carbonyl (C=O) groups excluding carboxylic acids is 1. The average molecular weight is 166 g/mol. The smallest absolute Gasteiger partial charge is 0.308 e. The van der Waals surface area contributed by atoms with Gasteiger partial charge in [-0.2, -0.15) is 0 Å². The quantitative estimate of drug-likeness (QED) is 0.473. The fourth-order valence-electron chi connectivity index (χ4n) is 0.655. The molecule has 0 radical (unpaired) electrons. The van der Waals surface area contributed by atoms with Crippen molar-refractivity contribution in [1.29, 1.82) is 0 Å². The molecular formula is C10H14O2. The highest BCUT2D eigenvalue weighted by atomic mass is 16.5. The van der Waals surface area contributed by atoms with Gasteiger partial charge in [0.1, 0.15) is 5.75 Å². The SMILES string of the molecule is CC.CC(=O)Oc1ccccc1. The molecule has 1 aromatic rings. The van der Waals surface area contributed by atoms with E-state index >= 15 is 0 Å². The summed E-state index contributed by atoms with van der Waals surface area (Å²) in [6.45, 7) is 5.38. The second-order valence-electron chi connectivity index (χ2n) is 1.91. The molecule has 0 fully saturated rings. The van der Waals surface area contributed by atoms with Crippen LogP contribution in [0.5, 0.6) is 5.75 Å². The molecule has 2 nitrogen and oxygen atoms in total. The summed E-state index contributed by atoms with van der Waals surface area (Å²) in [5, 5.41) is 0. The Morgan fingerprint density at radius 1 is 1.17 bits per heavy atom. The Morgan fingerprint density at radius 2 is 1.67 bits per heavy atom. The van der Waals surface area contributed by atoms with Gasteiger partial charge < -0.3 is 4.74 Å². The van der Waals surface area contributed by atoms with Crippen LogP contribution in [0.1, 0.15) is 20.8 Å². The molecule has 0 unspecified atom stereocenters. The van der Waals surface area contributed by atoms with Gasteiger partial charge in [0.2, 0.25) is 0 Å². The zero-order valence-corrected chi connectivity index (χ0v) is 7.70. The number of ether oxygens (including phenoxy) is 1. The van der Waals surface area contributed by atoms with Crippen molar-refractivity contribution >= 4 is 5.97 Å². The summed E-state index contributed by atoms with van der Waals surface area (Å²) in [6, 6.07) is 8.98. The first-order valence-corrected chi connectivity index (χ1v) is 4.02. The Balaban J connectivity index is 0.000000561. The summed E-state index contributed by atoms with van der Waals surface area (Å²) >= 11 is 0. The van der Waals surface area contributed by atoms with Gasteiger partial charge in [-0.05, 0) is 12.1 Å². The van der Waals surface area contributed by atoms with Crippen LogP contribution in [-0.4, -0.2) is 5.97 Å². The highest BCUT2D eigenvalue weighted by Crippen LogP contribution is 2.07. The van der Waals surface area contributed by atoms with Gasteiger partial charge in [-0.25, -0.2) is 0 Å². The third-order valence-corrected chi connectivity index (χ3v) is 1.00. The van der Waals surface area contributed by atoms with Gasteiger partial charge in [0.05, 0.1) is 0 Å². The third-order valence-electron chi connectivity index (χ3n) is 1.00. The lowest BCUT2D eigenvalue weighted by atomic mass is 10.3. The van der Waals surface area contributed by atoms with Gasteiger partial charge in [-0.15, -0.1) is 0 Å². The van der Waals surface area contributed by atoms with Crippen LogP contribution in [0.3, 0.4) is 0 Å². The molecule has 0 atom stereocenters. The average Bonchev–Trinajstić information content (AvgIpc) is 2.08. The molecule has 0 N–H and O–H groups in total. The minimum atomic E-state index is -0.286. The van der Waals surface area contributed by atoms with Crippen molar-refractivity contribution in [2.45, 2.75) is 20.8 Å². The van der Waals surface area contributed by atoms with Crippen LogP contribution in [0.2, 0.25) is 0 Å². The maximum atomic E-state index is 10.4. The van der Waals surface area contributed by atoms with Gasteiger partial charge in [-0.1, -0.05) is 32.0 Å². The summed E-state index contributed by atoms with van der Waals surface area (Å²) in [6.07, 6.45) is 0. The van der Waals surface area contributed by atoms with E-state index in [-0.39, 0.29) is 5.97 Å². The van der Waals surface area contributed by atoms with E-state index < -0.39 is 0 Å². The van der Waals surface area contributed by atoms with Crippen LogP contribution in [0.25, 0.3) is 0 Å². The maximum Gasteiger partial charge on any atom is 0.308 e. The Kier molecular flexibility index (Phi) is 5.70. The number of rotatable bonds is 1. The molecular weight excluding hydrogens is 152 g/mol. The van der Waals surface area contributed by atoms with E-state index in [1.165, 1.54) is 6.92 Å². The van der Waals surface area contributed by atoms with E-state index in [2.05, 4.69) is 0 Å². The van der Waals surface area contributed by atoms with E-state index in [1.54, 1.807) is 12.1 Å². The second kappa shape index (κ2) is 6.40. The van der Waals surface area contributed by atoms with E-state index in [0.717, 1.165) is 0 Å². The first kappa shape index (κ1) is 10.7. The lowest BCUT2D eigenvalue weighted by Gasteiger charge is -1.97. The number of hydrogen-bond donors (Lipinski definition) is 0. The van der Waals surface area contributed by atoms with Crippen LogP contribution in [0, 0.1) is 0 Å². The second-order valence-corrected chi connectivity index (χ2v) is 1.91. The van der Waals surface area contributed by atoms with Crippen LogP contribution in [-0.2, 0) is 4.79 Å². The van der Waals surface area contributed by atoms with Crippen molar-refractivity contribution in [3.63, 3.8) is 0 Å². The first-order valence-electron chi connectivity index (χ1n) is 4.02. The lowest BCUT2D eigenvalue weighted by molar-refractivity contribution is -0.131. The molecule has 12 heavy (non-hydrogen) atoms. The van der Waals surface area contributed by atoms with Crippen LogP contribution >= 0.6 is 0 Å². The molecule has 2 heteroatoms. The summed E-state index contributed by atoms with van der Waals surface area (Å²) in [5.74, 6) is 0.307. The molecule has 0 aromatic heterocycles. The molecule has 0 spiro atoms. The predicted molar refractivity (Wildman–Crippen MR) is 49.1 cm³/mol. The molecule has 0 heterocycles. The number of hydrogen-bond acceptors (Lipinski definition) is 2. The van der Waals surface area contributed by atoms with E-state index in [0.29, 0.717) is 5.75 Å². The molecule has 0 aliphatic rings. The fraction of sp³-hybridized carbons (Fsp3) is 0.300. The van der Waals surface area contributed by atoms with Gasteiger partial charge in [-0.3, -0.25) is 4.79 Å². The molecule has 0 saturated carbocycles. The molecule has 0 aliphatic heterocycles. The van der Waals surface area contributed by atoms with Gasteiger partial charge >= 0.3 is 5.97 Å². The zero-order chi connectivity index (χ0) is 9.40. The van der Waals surface area contributed by atoms with Crippen molar-refractivity contribution < 1.29 is 9.53 Å². The standard InChI is InChI=1S/C8H8O2.C2H6/c1-7(9)10-8-5-3-2-4-6-8;1-2/h2-6H,1H3;1-2H3. The molecule has 0 bridgehead atoms. The Bertz CT molecular complexity index is 217. The van der Waals surface area contributed by atoms with Crippen molar-refractivity contribution in [2.75, 3.05) is 0 Å². The van der Waals surface area contributed by atoms with E-state index in [4.69, 9.17) is 4.74 Å². The van der Waals surface area contributed by atoms with Gasteiger partial charge in [0.15, 0.2) is 0 Å². The van der Waals surface area contributed by atoms with Gasteiger partial charge in [0.25, 0.3) is 0 Å². The molecule has 0 aliphatic carbocycles. The predicted octanol–water partition coefficient (Wildman–Crippen LogP) is 2.64. The van der Waals surface area contributed by atoms with Crippen LogP contribution in [0.4, 0.5) is 0 Å². The molecule has 66 valence electrons. The first-order chi connectivity index (χ1) is 5.79. The normalized spacial score (nSPS) is 7.92. The lowest BCUT2D eigenvalue weighted by Crippen LogP contribution is -2.00. The number of carbonyl (C=O) groups is 1. The molecule has 1 aromatic carbocycles. The summed E-state index contributed by atoms with van der Waals surface area (Å²) in [4.78, 5) is 10.4. The van der Waals surface area contributed by atoms with Crippen molar-refractivity contribution in [2.24, 2.45) is 0 Å². The van der Waals surface area contributed by atoms with E-state index in [1.807, 2.05) is 32.0 Å². The zero-order valence-electron chi connectivity index (χ0n) is 7.70. The highest BCUT2D eigenvalue weighted by Gasteiger charge is 1.92. The fourth-order valence-corrected chi connectivity index (χ4v) is 0.655. The van der Waals surface area contributed by atoms with Crippen LogP contribution < -0.4 is 4.74 Å². The number of para-hydroxylation sites is 1. The van der Waals surface area contributed by atoms with Crippen molar-refractivity contribution in [3.8, 4) is 5.75 Å². The monoisotopic (exact) mass is 166 g/mol. The minimum Gasteiger partial charge on any atom is -0.427 e. The molecule has 0 amide bonds. The van der Waals surface area contributed by atoms with E-state index in [9.17, 15) is 4.79 Å². The Labute approximate surface area is 73.2 Å². The van der Waals surface area contributed by atoms with Crippen molar-refractivity contribution in [3.05, 3.63) is 30.3 Å². The number of benzene rings is 1. The Hall–Kier alpha value is -1.31. The topological polar surface area (TPSA) is 26.3 Å². The summed E-state index contributed by atoms with van der Waals surface area (Å²) < 4.78 is 4.78. The van der Waals surface area contributed by atoms with Crippen molar-refractivity contribution in [1.82, 2.24) is 0 Å². The minimum absolute atomic E-state index is 0.286. The largest absolute Gasteiger partial charge is 0.427 e. The molecule has 0 saturated heterocycles. The van der Waals surface area contributed by atoms with Gasteiger partial charge in [0, 0.05) is 6.92 Å². The number of esters is 1. The highest BCUT2D eigenvalue weighted by molar-refractivity contribution is 5.69.